The summed E-state index contributed by atoms with van der Waals surface area (Å²) in [5, 5.41) is 2.16. The van der Waals surface area contributed by atoms with E-state index < -0.39 is 0 Å². The normalized spacial score (nSPS) is 20.2. The molecule has 2 aliphatic rings. The van der Waals surface area contributed by atoms with Crippen molar-refractivity contribution in [1.29, 1.82) is 0 Å². The molecule has 168 valence electrons. The lowest BCUT2D eigenvalue weighted by Gasteiger charge is -2.35. The number of carbonyl (C=O) groups is 1. The fourth-order valence-electron chi connectivity index (χ4n) is 5.00. The number of likely N-dealkylation sites (N-methyl/N-ethyl adjacent to an activating group) is 1. The van der Waals surface area contributed by atoms with Gasteiger partial charge in [-0.25, -0.2) is 0 Å². The average Bonchev–Trinajstić information content (AvgIpc) is 3.23. The molecule has 0 radical (unpaired) electrons. The van der Waals surface area contributed by atoms with Crippen molar-refractivity contribution in [3.63, 3.8) is 0 Å². The Bertz CT molecular complexity index is 1150. The molecular formula is C25H26Cl3N3O. The Balaban J connectivity index is 0.00000245. The number of nitrogens with one attached hydrogen (secondary N) is 1. The number of para-hydroxylation sites is 1. The van der Waals surface area contributed by atoms with Crippen LogP contribution in [0.25, 0.3) is 10.9 Å². The van der Waals surface area contributed by atoms with Gasteiger partial charge in [-0.05, 0) is 62.2 Å². The van der Waals surface area contributed by atoms with Gasteiger partial charge in [-0.1, -0.05) is 41.4 Å². The predicted octanol–water partition coefficient (Wildman–Crippen LogP) is 6.33. The smallest absolute Gasteiger partial charge is 0.258 e. The van der Waals surface area contributed by atoms with Gasteiger partial charge in [0.2, 0.25) is 0 Å². The largest absolute Gasteiger partial charge is 0.361 e. The van der Waals surface area contributed by atoms with Gasteiger partial charge in [0.15, 0.2) is 0 Å². The minimum absolute atomic E-state index is 0. The van der Waals surface area contributed by atoms with Gasteiger partial charge >= 0.3 is 0 Å². The van der Waals surface area contributed by atoms with Crippen molar-refractivity contribution < 1.29 is 4.79 Å². The van der Waals surface area contributed by atoms with E-state index in [0.29, 0.717) is 34.2 Å². The first-order valence-electron chi connectivity index (χ1n) is 10.7. The summed E-state index contributed by atoms with van der Waals surface area (Å²) in [6.07, 6.45) is 8.32. The van der Waals surface area contributed by atoms with Crippen LogP contribution in [0.2, 0.25) is 10.0 Å². The summed E-state index contributed by atoms with van der Waals surface area (Å²) in [5.41, 5.74) is 3.98. The minimum Gasteiger partial charge on any atom is -0.361 e. The van der Waals surface area contributed by atoms with Crippen molar-refractivity contribution in [3.8, 4) is 0 Å². The third-order valence-electron chi connectivity index (χ3n) is 6.71. The van der Waals surface area contributed by atoms with Crippen molar-refractivity contribution in [2.45, 2.75) is 37.8 Å². The SMILES string of the molecule is CN1C2C=C(N(CCc3c[nH]c4ccccc34)C(=O)c3cc(Cl)cc(Cl)c3)CC1CC2.Cl. The lowest BCUT2D eigenvalue weighted by Crippen LogP contribution is -2.41. The fraction of sp³-hybridized carbons (Fsp3) is 0.320. The number of aromatic nitrogens is 1. The van der Waals surface area contributed by atoms with E-state index >= 15 is 0 Å². The van der Waals surface area contributed by atoms with Gasteiger partial charge in [0.25, 0.3) is 5.91 Å². The molecule has 2 aromatic carbocycles. The molecule has 3 aromatic rings. The molecule has 1 N–H and O–H groups in total. The van der Waals surface area contributed by atoms with E-state index in [1.165, 1.54) is 17.4 Å². The highest BCUT2D eigenvalue weighted by atomic mass is 35.5. The molecule has 0 saturated carbocycles. The van der Waals surface area contributed by atoms with Crippen LogP contribution in [0.4, 0.5) is 0 Å². The molecule has 4 nitrogen and oxygen atoms in total. The van der Waals surface area contributed by atoms with Crippen LogP contribution in [0, 0.1) is 0 Å². The Morgan fingerprint density at radius 2 is 1.91 bits per heavy atom. The molecule has 0 aliphatic carbocycles. The second-order valence-corrected chi connectivity index (χ2v) is 9.42. The Morgan fingerprint density at radius 3 is 2.66 bits per heavy atom. The monoisotopic (exact) mass is 489 g/mol. The van der Waals surface area contributed by atoms with E-state index in [1.54, 1.807) is 18.2 Å². The number of halogens is 3. The number of carbonyl (C=O) groups excluding carboxylic acids is 1. The minimum atomic E-state index is -0.0422. The van der Waals surface area contributed by atoms with Crippen molar-refractivity contribution in [3.05, 3.63) is 81.6 Å². The number of rotatable bonds is 5. The van der Waals surface area contributed by atoms with E-state index in [1.807, 2.05) is 17.0 Å². The lowest BCUT2D eigenvalue weighted by molar-refractivity contribution is 0.0788. The number of fused-ring (bicyclic) bond motifs is 3. The van der Waals surface area contributed by atoms with Crippen LogP contribution in [-0.4, -0.2) is 46.4 Å². The summed E-state index contributed by atoms with van der Waals surface area (Å²) in [6.45, 7) is 0.611. The maximum absolute atomic E-state index is 13.6. The van der Waals surface area contributed by atoms with E-state index in [-0.39, 0.29) is 18.3 Å². The summed E-state index contributed by atoms with van der Waals surface area (Å²) in [7, 11) is 2.18. The molecule has 0 spiro atoms. The summed E-state index contributed by atoms with van der Waals surface area (Å²) in [6, 6.07) is 14.2. The first kappa shape index (κ1) is 23.2. The van der Waals surface area contributed by atoms with Crippen molar-refractivity contribution in [2.24, 2.45) is 0 Å². The van der Waals surface area contributed by atoms with Crippen LogP contribution in [-0.2, 0) is 6.42 Å². The molecule has 2 bridgehead atoms. The molecule has 7 heteroatoms. The van der Waals surface area contributed by atoms with E-state index in [0.717, 1.165) is 30.5 Å². The van der Waals surface area contributed by atoms with Crippen LogP contribution in [0.15, 0.2) is 60.4 Å². The van der Waals surface area contributed by atoms with Crippen LogP contribution in [0.5, 0.6) is 0 Å². The zero-order valence-corrected chi connectivity index (χ0v) is 20.2. The number of hydrogen-bond donors (Lipinski definition) is 1. The highest BCUT2D eigenvalue weighted by Crippen LogP contribution is 2.35. The topological polar surface area (TPSA) is 39.3 Å². The van der Waals surface area contributed by atoms with Gasteiger partial charge in [0, 0.05) is 63.5 Å². The van der Waals surface area contributed by atoms with Crippen molar-refractivity contribution >= 4 is 52.4 Å². The Labute approximate surface area is 204 Å². The molecule has 32 heavy (non-hydrogen) atoms. The fourth-order valence-corrected chi connectivity index (χ4v) is 5.53. The van der Waals surface area contributed by atoms with Crippen LogP contribution in [0.3, 0.4) is 0 Å². The van der Waals surface area contributed by atoms with Gasteiger partial charge in [0.05, 0.1) is 0 Å². The summed E-state index contributed by atoms with van der Waals surface area (Å²) >= 11 is 12.4. The molecule has 1 fully saturated rings. The number of nitrogens with zero attached hydrogens (tertiary/aromatic N) is 2. The molecule has 1 amide bonds. The summed E-state index contributed by atoms with van der Waals surface area (Å²) in [4.78, 5) is 21.4. The lowest BCUT2D eigenvalue weighted by atomic mass is 10.0. The zero-order valence-electron chi connectivity index (χ0n) is 17.9. The number of benzene rings is 2. The Morgan fingerprint density at radius 1 is 1.16 bits per heavy atom. The van der Waals surface area contributed by atoms with Gasteiger partial charge in [-0.15, -0.1) is 12.4 Å². The maximum atomic E-state index is 13.6. The molecule has 2 aliphatic heterocycles. The Kier molecular flexibility index (Phi) is 6.87. The van der Waals surface area contributed by atoms with E-state index in [4.69, 9.17) is 23.2 Å². The maximum Gasteiger partial charge on any atom is 0.258 e. The first-order chi connectivity index (χ1) is 15.0. The zero-order chi connectivity index (χ0) is 21.5. The first-order valence-corrected chi connectivity index (χ1v) is 11.5. The number of amides is 1. The molecule has 2 atom stereocenters. The third kappa shape index (κ3) is 4.42. The average molecular weight is 491 g/mol. The molecule has 3 heterocycles. The van der Waals surface area contributed by atoms with E-state index in [2.05, 4.69) is 41.3 Å². The molecular weight excluding hydrogens is 465 g/mol. The molecule has 5 rings (SSSR count). The predicted molar refractivity (Wildman–Crippen MR) is 134 cm³/mol. The van der Waals surface area contributed by atoms with Crippen molar-refractivity contribution in [2.75, 3.05) is 13.6 Å². The summed E-state index contributed by atoms with van der Waals surface area (Å²) < 4.78 is 0. The number of hydrogen-bond acceptors (Lipinski definition) is 2. The quantitative estimate of drug-likeness (QED) is 0.454. The van der Waals surface area contributed by atoms with E-state index in [9.17, 15) is 4.79 Å². The second kappa shape index (κ2) is 9.48. The molecule has 1 saturated heterocycles. The standard InChI is InChI=1S/C25H25Cl2N3O.ClH/c1-29-20-6-7-21(29)14-22(13-20)30(25(31)17-10-18(26)12-19(27)11-17)9-8-16-15-28-24-5-3-2-4-23(16)24;/h2-5,10-13,15,20-21,28H,6-9,14H2,1H3;1H. The molecule has 1 aromatic heterocycles. The van der Waals surface area contributed by atoms with Crippen LogP contribution in [0.1, 0.15) is 35.2 Å². The molecule has 2 unspecified atom stereocenters. The van der Waals surface area contributed by atoms with Crippen LogP contribution >= 0.6 is 35.6 Å². The van der Waals surface area contributed by atoms with Gasteiger partial charge in [0.1, 0.15) is 0 Å². The van der Waals surface area contributed by atoms with Gasteiger partial charge < -0.3 is 9.88 Å². The highest BCUT2D eigenvalue weighted by molar-refractivity contribution is 6.35. The summed E-state index contributed by atoms with van der Waals surface area (Å²) in [5.74, 6) is -0.0422. The second-order valence-electron chi connectivity index (χ2n) is 8.55. The number of aromatic amines is 1. The van der Waals surface area contributed by atoms with Gasteiger partial charge in [-0.2, -0.15) is 0 Å². The highest BCUT2D eigenvalue weighted by Gasteiger charge is 2.36. The van der Waals surface area contributed by atoms with Crippen molar-refractivity contribution in [1.82, 2.24) is 14.8 Å². The van der Waals surface area contributed by atoms with Crippen LogP contribution < -0.4 is 0 Å². The Hall–Kier alpha value is -1.98. The van der Waals surface area contributed by atoms with Gasteiger partial charge in [-0.3, -0.25) is 9.69 Å². The number of H-pyrrole nitrogens is 1. The third-order valence-corrected chi connectivity index (χ3v) is 7.14.